The van der Waals surface area contributed by atoms with E-state index in [0.29, 0.717) is 17.9 Å². The van der Waals surface area contributed by atoms with Crippen molar-refractivity contribution in [2.75, 3.05) is 18.6 Å². The molecule has 0 spiro atoms. The maximum atomic E-state index is 14.4. The van der Waals surface area contributed by atoms with Crippen molar-refractivity contribution < 1.29 is 62.6 Å². The number of aliphatic carboxylic acids is 1. The van der Waals surface area contributed by atoms with Crippen molar-refractivity contribution >= 4 is 88.7 Å². The number of nitrogens with two attached hydrogens (primary N) is 5. The molecule has 0 saturated carbocycles. The minimum atomic E-state index is -1.54. The number of carbonyl (C=O) groups excluding carboxylic acids is 11. The standard InChI is InChI=1S/C56H99N17O13S/c1-12-32(10)44(59)53(83)68-34(14-13-20-63-56(60)61)46(76)70-40(25-33-26-62-27-64-33)52(82)66-35(15-17-42(57)74)47(77)67-37(19-21-87-11)49(79)73-45(31(8)9)54(84)71-39(23-29(4)5)51(81)69-38(22-28(2)3)50(80)65-36(16-18-43(58)75)48(78)72-41(55(85)86)24-30(6)7/h26-32,34-41,44-45H,12-25,59H2,1-11H3,(H2,57,74)(H2,58,75)(H,62,64)(H,65,80)(H,66,82)(H,67,77)(H,68,83)(H,69,81)(H,70,76)(H,71,84)(H,72,78)(H,73,79)(H,85,86)(H4,60,61,63)/t32-,34-,35-,36-,37-,38-,39-,40-,41-,44-,45-/m0/s1. The predicted molar refractivity (Wildman–Crippen MR) is 328 cm³/mol. The normalized spacial score (nSPS) is 15.1. The molecule has 0 aliphatic rings. The highest BCUT2D eigenvalue weighted by atomic mass is 32.2. The van der Waals surface area contributed by atoms with Gasteiger partial charge in [0, 0.05) is 37.7 Å². The number of imidazole rings is 1. The molecule has 0 unspecified atom stereocenters. The zero-order valence-corrected chi connectivity index (χ0v) is 53.1. The summed E-state index contributed by atoms with van der Waals surface area (Å²) in [6, 6.07) is -13.2. The Kier molecular flexibility index (Phi) is 35.6. The number of primary amides is 2. The molecule has 492 valence electrons. The minimum Gasteiger partial charge on any atom is -0.480 e. The molecule has 0 saturated heterocycles. The second-order valence-corrected chi connectivity index (χ2v) is 24.4. The van der Waals surface area contributed by atoms with Gasteiger partial charge in [-0.15, -0.1) is 0 Å². The SMILES string of the molecule is CC[C@H](C)[C@H](N)C(=O)N[C@@H](CCCN=C(N)N)C(=O)N[C@@H](Cc1cnc[nH]1)C(=O)N[C@@H](CCC(N)=O)C(=O)N[C@@H](CCSC)C(=O)N[C@H](C(=O)N[C@@H](CC(C)C)C(=O)N[C@@H](CC(C)C)C(=O)N[C@@H](CCC(N)=O)C(=O)N[C@@H](CC(C)C)C(=O)O)C(C)C. The summed E-state index contributed by atoms with van der Waals surface area (Å²) in [7, 11) is 0. The molecule has 87 heavy (non-hydrogen) atoms. The van der Waals surface area contributed by atoms with E-state index in [1.807, 2.05) is 6.92 Å². The van der Waals surface area contributed by atoms with Gasteiger partial charge in [-0.2, -0.15) is 11.8 Å². The number of nitrogens with one attached hydrogen (secondary N) is 10. The Hall–Kier alpha value is -7.57. The number of carbonyl (C=O) groups is 12. The lowest BCUT2D eigenvalue weighted by molar-refractivity contribution is -0.143. The van der Waals surface area contributed by atoms with Gasteiger partial charge in [0.2, 0.25) is 65.0 Å². The average molecular weight is 1250 g/mol. The van der Waals surface area contributed by atoms with E-state index in [-0.39, 0.29) is 100 Å². The first kappa shape index (κ1) is 77.4. The molecule has 1 aromatic heterocycles. The lowest BCUT2D eigenvalue weighted by Gasteiger charge is -2.30. The van der Waals surface area contributed by atoms with Crippen molar-refractivity contribution in [1.82, 2.24) is 57.8 Å². The largest absolute Gasteiger partial charge is 0.480 e. The van der Waals surface area contributed by atoms with E-state index in [2.05, 4.69) is 62.8 Å². The predicted octanol–water partition coefficient (Wildman–Crippen LogP) is -2.09. The van der Waals surface area contributed by atoms with Crippen LogP contribution in [0.3, 0.4) is 0 Å². The van der Waals surface area contributed by atoms with Gasteiger partial charge in [-0.3, -0.25) is 57.7 Å². The highest BCUT2D eigenvalue weighted by molar-refractivity contribution is 7.98. The highest BCUT2D eigenvalue weighted by Crippen LogP contribution is 2.15. The molecule has 11 atom stereocenters. The van der Waals surface area contributed by atoms with Crippen LogP contribution in [0, 0.1) is 29.6 Å². The Labute approximate surface area is 514 Å². The summed E-state index contributed by atoms with van der Waals surface area (Å²) in [6.07, 6.45) is 3.85. The third-order valence-electron chi connectivity index (χ3n) is 13.9. The third-order valence-corrected chi connectivity index (χ3v) is 14.5. The van der Waals surface area contributed by atoms with Gasteiger partial charge in [-0.25, -0.2) is 9.78 Å². The van der Waals surface area contributed by atoms with Crippen LogP contribution < -0.4 is 76.5 Å². The van der Waals surface area contributed by atoms with Crippen LogP contribution in [0.1, 0.15) is 146 Å². The quantitative estimate of drug-likeness (QED) is 0.0189. The summed E-state index contributed by atoms with van der Waals surface area (Å²) in [4.78, 5) is 173. The molecular formula is C56H99N17O13S. The number of thioether (sulfide) groups is 1. The fourth-order valence-corrected chi connectivity index (χ4v) is 9.25. The van der Waals surface area contributed by atoms with Gasteiger partial charge >= 0.3 is 5.97 Å². The van der Waals surface area contributed by atoms with Crippen LogP contribution in [0.25, 0.3) is 0 Å². The molecular weight excluding hydrogens is 1150 g/mol. The van der Waals surface area contributed by atoms with E-state index in [1.165, 1.54) is 24.3 Å². The Morgan fingerprint density at radius 2 is 0.931 bits per heavy atom. The number of guanidine groups is 1. The van der Waals surface area contributed by atoms with Crippen LogP contribution in [-0.4, -0.2) is 171 Å². The first-order valence-corrected chi connectivity index (χ1v) is 30.9. The summed E-state index contributed by atoms with van der Waals surface area (Å²) in [5.41, 5.74) is 28.4. The molecule has 30 nitrogen and oxygen atoms in total. The van der Waals surface area contributed by atoms with E-state index in [4.69, 9.17) is 28.7 Å². The number of aromatic amines is 1. The number of hydrogen-bond acceptors (Lipinski definition) is 16. The zero-order valence-electron chi connectivity index (χ0n) is 52.3. The lowest BCUT2D eigenvalue weighted by atomic mass is 9.98. The molecule has 31 heteroatoms. The second-order valence-electron chi connectivity index (χ2n) is 23.4. The summed E-state index contributed by atoms with van der Waals surface area (Å²) in [5, 5.41) is 33.4. The topological polar surface area (TPSA) is 504 Å². The minimum absolute atomic E-state index is 0.00202. The molecule has 1 aromatic rings. The van der Waals surface area contributed by atoms with E-state index in [9.17, 15) is 62.6 Å². The first-order valence-electron chi connectivity index (χ1n) is 29.5. The van der Waals surface area contributed by atoms with Gasteiger partial charge in [-0.1, -0.05) is 75.7 Å². The second kappa shape index (κ2) is 40.0. The number of rotatable bonds is 43. The molecule has 0 fully saturated rings. The fourth-order valence-electron chi connectivity index (χ4n) is 8.78. The fraction of sp³-hybridized carbons (Fsp3) is 0.714. The smallest absolute Gasteiger partial charge is 0.326 e. The van der Waals surface area contributed by atoms with Gasteiger partial charge < -0.3 is 86.6 Å². The monoisotopic (exact) mass is 1250 g/mol. The van der Waals surface area contributed by atoms with Crippen molar-refractivity contribution in [3.63, 3.8) is 0 Å². The van der Waals surface area contributed by atoms with E-state index in [0.717, 1.165) is 0 Å². The van der Waals surface area contributed by atoms with Crippen LogP contribution in [0.4, 0.5) is 0 Å². The first-order chi connectivity index (χ1) is 40.7. The van der Waals surface area contributed by atoms with Gasteiger partial charge in [0.1, 0.15) is 54.4 Å². The van der Waals surface area contributed by atoms with Crippen LogP contribution in [0.15, 0.2) is 17.5 Å². The Balaban J connectivity index is 3.59. The number of aliphatic imine (C=N–C) groups is 1. The highest BCUT2D eigenvalue weighted by Gasteiger charge is 2.37. The molecule has 1 rings (SSSR count). The molecule has 0 aliphatic carbocycles. The van der Waals surface area contributed by atoms with Gasteiger partial charge in [0.25, 0.3) is 0 Å². The summed E-state index contributed by atoms with van der Waals surface area (Å²) in [6.45, 7) is 17.6. The lowest BCUT2D eigenvalue weighted by Crippen LogP contribution is -2.61. The van der Waals surface area contributed by atoms with Crippen molar-refractivity contribution in [3.8, 4) is 0 Å². The molecule has 11 amide bonds. The Morgan fingerprint density at radius 3 is 1.34 bits per heavy atom. The van der Waals surface area contributed by atoms with Crippen molar-refractivity contribution in [2.24, 2.45) is 63.3 Å². The van der Waals surface area contributed by atoms with E-state index in [1.54, 1.807) is 68.6 Å². The van der Waals surface area contributed by atoms with Crippen molar-refractivity contribution in [2.45, 2.75) is 207 Å². The number of carboxylic acids is 1. The van der Waals surface area contributed by atoms with E-state index < -0.39 is 144 Å². The summed E-state index contributed by atoms with van der Waals surface area (Å²) in [5.74, 6) is -11.7. The van der Waals surface area contributed by atoms with Crippen LogP contribution >= 0.6 is 11.8 Å². The van der Waals surface area contributed by atoms with Crippen molar-refractivity contribution in [3.05, 3.63) is 18.2 Å². The number of carboxylic acid groups (broad SMARTS) is 1. The zero-order chi connectivity index (χ0) is 66.2. The number of aromatic nitrogens is 2. The Bertz CT molecular complexity index is 2460. The molecule has 0 aromatic carbocycles. The summed E-state index contributed by atoms with van der Waals surface area (Å²) < 4.78 is 0. The number of H-pyrrole nitrogens is 1. The van der Waals surface area contributed by atoms with Crippen LogP contribution in [0.5, 0.6) is 0 Å². The number of nitrogens with zero attached hydrogens (tertiary/aromatic N) is 2. The van der Waals surface area contributed by atoms with Gasteiger partial charge in [-0.05, 0) is 93.0 Å². The molecule has 1 heterocycles. The third kappa shape index (κ3) is 30.6. The maximum absolute atomic E-state index is 14.4. The van der Waals surface area contributed by atoms with E-state index >= 15 is 0 Å². The molecule has 0 radical (unpaired) electrons. The van der Waals surface area contributed by atoms with Gasteiger partial charge in [0.15, 0.2) is 5.96 Å². The Morgan fingerprint density at radius 1 is 0.540 bits per heavy atom. The number of amides is 11. The van der Waals surface area contributed by atoms with Crippen LogP contribution in [0.2, 0.25) is 0 Å². The van der Waals surface area contributed by atoms with Crippen molar-refractivity contribution in [1.29, 1.82) is 0 Å². The average Bonchev–Trinajstić information content (AvgIpc) is 4.01. The van der Waals surface area contributed by atoms with Gasteiger partial charge in [0.05, 0.1) is 12.4 Å². The molecule has 0 aliphatic heterocycles. The van der Waals surface area contributed by atoms with Crippen LogP contribution in [-0.2, 0) is 64.0 Å². The maximum Gasteiger partial charge on any atom is 0.326 e. The number of hydrogen-bond donors (Lipinski definition) is 16. The summed E-state index contributed by atoms with van der Waals surface area (Å²) >= 11 is 1.33. The molecule has 0 bridgehead atoms. The molecule has 21 N–H and O–H groups in total.